The Morgan fingerprint density at radius 1 is 1.50 bits per heavy atom. The molecule has 0 heterocycles. The number of hydrogen-bond donors (Lipinski definition) is 2. The Balaban J connectivity index is 2.52. The summed E-state index contributed by atoms with van der Waals surface area (Å²) in [6.45, 7) is -1.13. The van der Waals surface area contributed by atoms with Gasteiger partial charge >= 0.3 is 5.97 Å². The Kier molecular flexibility index (Phi) is 6.44. The molecule has 0 saturated heterocycles. The lowest BCUT2D eigenvalue weighted by Crippen LogP contribution is -2.42. The number of nitrogens with one attached hydrogen (secondary N) is 1. The summed E-state index contributed by atoms with van der Waals surface area (Å²) in [4.78, 5) is 22.1. The first kappa shape index (κ1) is 16.4. The molecular weight excluding hydrogens is 333 g/mol. The predicted octanol–water partition coefficient (Wildman–Crippen LogP) is 1.93. The molecule has 110 valence electrons. The second-order valence-electron chi connectivity index (χ2n) is 4.08. The molecule has 7 heteroatoms. The number of carboxylic acid groups (broad SMARTS) is 1. The molecule has 5 nitrogen and oxygen atoms in total. The standard InChI is InChI=1S/C13H15BrFNO4/c1-20-11-4-2-8(6-9(11)14)3-5-12(17)16-10(7-15)13(18)19/h2,4,6,10H,3,5,7H2,1H3,(H,16,17)(H,18,19). The summed E-state index contributed by atoms with van der Waals surface area (Å²) in [7, 11) is 1.55. The number of rotatable bonds is 7. The number of carbonyl (C=O) groups is 2. The van der Waals surface area contributed by atoms with Crippen LogP contribution in [0.25, 0.3) is 0 Å². The number of aliphatic carboxylic acids is 1. The summed E-state index contributed by atoms with van der Waals surface area (Å²) in [5.74, 6) is -1.20. The molecule has 20 heavy (non-hydrogen) atoms. The van der Waals surface area contributed by atoms with Crippen molar-refractivity contribution in [1.29, 1.82) is 0 Å². The third-order valence-electron chi connectivity index (χ3n) is 2.64. The molecule has 0 aliphatic rings. The maximum atomic E-state index is 12.4. The number of carbonyl (C=O) groups excluding carboxylic acids is 1. The molecule has 0 aromatic heterocycles. The van der Waals surface area contributed by atoms with Gasteiger partial charge in [-0.3, -0.25) is 4.79 Å². The average molecular weight is 348 g/mol. The highest BCUT2D eigenvalue weighted by atomic mass is 79.9. The van der Waals surface area contributed by atoms with Crippen LogP contribution in [0.4, 0.5) is 4.39 Å². The first-order valence-electron chi connectivity index (χ1n) is 5.88. The first-order valence-corrected chi connectivity index (χ1v) is 6.67. The average Bonchev–Trinajstić information content (AvgIpc) is 2.42. The van der Waals surface area contributed by atoms with Gasteiger partial charge in [0.05, 0.1) is 11.6 Å². The van der Waals surface area contributed by atoms with Crippen molar-refractivity contribution in [3.63, 3.8) is 0 Å². The van der Waals surface area contributed by atoms with Gasteiger partial charge in [-0.2, -0.15) is 0 Å². The quantitative estimate of drug-likeness (QED) is 0.790. The molecular formula is C13H15BrFNO4. The van der Waals surface area contributed by atoms with Gasteiger partial charge in [0.25, 0.3) is 0 Å². The van der Waals surface area contributed by atoms with Crippen LogP contribution in [-0.2, 0) is 16.0 Å². The van der Waals surface area contributed by atoms with Crippen molar-refractivity contribution in [3.05, 3.63) is 28.2 Å². The second-order valence-corrected chi connectivity index (χ2v) is 4.94. The van der Waals surface area contributed by atoms with Gasteiger partial charge in [0.2, 0.25) is 5.91 Å². The van der Waals surface area contributed by atoms with E-state index in [1.165, 1.54) is 0 Å². The fraction of sp³-hybridized carbons (Fsp3) is 0.385. The fourth-order valence-corrected chi connectivity index (χ4v) is 2.14. The zero-order chi connectivity index (χ0) is 15.1. The maximum absolute atomic E-state index is 12.4. The van der Waals surface area contributed by atoms with Gasteiger partial charge < -0.3 is 15.2 Å². The number of alkyl halides is 1. The third kappa shape index (κ3) is 4.80. The molecule has 0 bridgehead atoms. The second kappa shape index (κ2) is 7.84. The van der Waals surface area contributed by atoms with E-state index in [2.05, 4.69) is 21.2 Å². The van der Waals surface area contributed by atoms with E-state index in [1.54, 1.807) is 19.2 Å². The number of methoxy groups -OCH3 is 1. The lowest BCUT2D eigenvalue weighted by molar-refractivity contribution is -0.142. The molecule has 0 aliphatic heterocycles. The minimum absolute atomic E-state index is 0.0859. The zero-order valence-electron chi connectivity index (χ0n) is 10.9. The minimum Gasteiger partial charge on any atom is -0.496 e. The van der Waals surface area contributed by atoms with E-state index in [9.17, 15) is 14.0 Å². The number of halogens is 2. The Bertz CT molecular complexity index is 495. The summed E-state index contributed by atoms with van der Waals surface area (Å²) in [6.07, 6.45) is 0.510. The van der Waals surface area contributed by atoms with E-state index in [0.717, 1.165) is 10.0 Å². The normalized spacial score (nSPS) is 11.8. The molecule has 0 saturated carbocycles. The zero-order valence-corrected chi connectivity index (χ0v) is 12.4. The third-order valence-corrected chi connectivity index (χ3v) is 3.26. The van der Waals surface area contributed by atoms with E-state index >= 15 is 0 Å². The van der Waals surface area contributed by atoms with Crippen molar-refractivity contribution in [1.82, 2.24) is 5.32 Å². The van der Waals surface area contributed by atoms with Crippen molar-refractivity contribution in [2.75, 3.05) is 13.8 Å². The van der Waals surface area contributed by atoms with E-state index in [0.29, 0.717) is 12.2 Å². The van der Waals surface area contributed by atoms with Crippen LogP contribution in [0.1, 0.15) is 12.0 Å². The SMILES string of the molecule is COc1ccc(CCC(=O)NC(CF)C(=O)O)cc1Br. The first-order chi connectivity index (χ1) is 9.47. The highest BCUT2D eigenvalue weighted by Crippen LogP contribution is 2.25. The van der Waals surface area contributed by atoms with E-state index in [4.69, 9.17) is 9.84 Å². The van der Waals surface area contributed by atoms with Gasteiger partial charge in [0.1, 0.15) is 12.4 Å². The summed E-state index contributed by atoms with van der Waals surface area (Å²) in [6, 6.07) is 3.90. The van der Waals surface area contributed by atoms with Gasteiger partial charge in [-0.05, 0) is 40.0 Å². The maximum Gasteiger partial charge on any atom is 0.328 e. The van der Waals surface area contributed by atoms with Crippen molar-refractivity contribution in [2.45, 2.75) is 18.9 Å². The Morgan fingerprint density at radius 3 is 2.70 bits per heavy atom. The van der Waals surface area contributed by atoms with Crippen LogP contribution in [-0.4, -0.2) is 36.8 Å². The molecule has 1 aromatic carbocycles. The number of hydrogen-bond acceptors (Lipinski definition) is 3. The number of benzene rings is 1. The lowest BCUT2D eigenvalue weighted by atomic mass is 10.1. The van der Waals surface area contributed by atoms with Gasteiger partial charge in [-0.1, -0.05) is 6.07 Å². The predicted molar refractivity (Wildman–Crippen MR) is 74.6 cm³/mol. The van der Waals surface area contributed by atoms with Crippen molar-refractivity contribution >= 4 is 27.8 Å². The lowest BCUT2D eigenvalue weighted by Gasteiger charge is -2.11. The fourth-order valence-electron chi connectivity index (χ4n) is 1.56. The molecule has 1 rings (SSSR count). The number of carboxylic acids is 1. The summed E-state index contributed by atoms with van der Waals surface area (Å²) in [5.41, 5.74) is 0.889. The number of ether oxygens (including phenoxy) is 1. The van der Waals surface area contributed by atoms with Gasteiger partial charge in [0, 0.05) is 6.42 Å². The molecule has 1 unspecified atom stereocenters. The molecule has 1 amide bonds. The van der Waals surface area contributed by atoms with Gasteiger partial charge in [-0.15, -0.1) is 0 Å². The largest absolute Gasteiger partial charge is 0.496 e. The minimum atomic E-state index is -1.48. The van der Waals surface area contributed by atoms with E-state index < -0.39 is 24.6 Å². The molecule has 2 N–H and O–H groups in total. The highest BCUT2D eigenvalue weighted by molar-refractivity contribution is 9.10. The van der Waals surface area contributed by atoms with Gasteiger partial charge in [-0.25, -0.2) is 9.18 Å². The van der Waals surface area contributed by atoms with Crippen LogP contribution >= 0.6 is 15.9 Å². The molecule has 0 spiro atoms. The smallest absolute Gasteiger partial charge is 0.328 e. The monoisotopic (exact) mass is 347 g/mol. The molecule has 1 aromatic rings. The van der Waals surface area contributed by atoms with E-state index in [1.807, 2.05) is 6.07 Å². The van der Waals surface area contributed by atoms with Crippen molar-refractivity contribution < 1.29 is 23.8 Å². The molecule has 0 fully saturated rings. The Labute approximate surface area is 124 Å². The van der Waals surface area contributed by atoms with Crippen LogP contribution in [0.5, 0.6) is 5.75 Å². The van der Waals surface area contributed by atoms with Gasteiger partial charge in [0.15, 0.2) is 6.04 Å². The Morgan fingerprint density at radius 2 is 2.20 bits per heavy atom. The van der Waals surface area contributed by atoms with Crippen molar-refractivity contribution in [2.24, 2.45) is 0 Å². The van der Waals surface area contributed by atoms with Crippen molar-refractivity contribution in [3.8, 4) is 5.75 Å². The van der Waals surface area contributed by atoms with Crippen LogP contribution < -0.4 is 10.1 Å². The molecule has 0 radical (unpaired) electrons. The topological polar surface area (TPSA) is 75.6 Å². The molecule has 1 atom stereocenters. The number of amides is 1. The summed E-state index contributed by atoms with van der Waals surface area (Å²) < 4.78 is 18.2. The number of aryl methyl sites for hydroxylation is 1. The van der Waals surface area contributed by atoms with Crippen LogP contribution in [0.3, 0.4) is 0 Å². The van der Waals surface area contributed by atoms with E-state index in [-0.39, 0.29) is 6.42 Å². The molecule has 0 aliphatic carbocycles. The summed E-state index contributed by atoms with van der Waals surface area (Å²) >= 11 is 3.33. The Hall–Kier alpha value is -1.63. The highest BCUT2D eigenvalue weighted by Gasteiger charge is 2.19. The van der Waals surface area contributed by atoms with Crippen LogP contribution in [0.15, 0.2) is 22.7 Å². The summed E-state index contributed by atoms with van der Waals surface area (Å²) in [5, 5.41) is 10.8. The van der Waals surface area contributed by atoms with Crippen LogP contribution in [0, 0.1) is 0 Å². The van der Waals surface area contributed by atoms with Crippen LogP contribution in [0.2, 0.25) is 0 Å².